The van der Waals surface area contributed by atoms with Crippen LogP contribution < -0.4 is 19.7 Å². The number of thiophene rings is 1. The van der Waals surface area contributed by atoms with E-state index in [0.29, 0.717) is 22.6 Å². The molecule has 2 N–H and O–H groups in total. The van der Waals surface area contributed by atoms with E-state index in [-0.39, 0.29) is 20.7 Å². The maximum atomic E-state index is 12.9. The SMILES string of the molecule is COc1ccc2c(c1)C(=O)N(c1ccc(NC(=O)NS(=O)(=O)c3ccc(Cl)s3)cc1)C(=O)C2. The van der Waals surface area contributed by atoms with Gasteiger partial charge in [-0.05, 0) is 54.1 Å². The molecule has 1 aliphatic heterocycles. The summed E-state index contributed by atoms with van der Waals surface area (Å²) in [5.41, 5.74) is 1.56. The Balaban J connectivity index is 1.48. The summed E-state index contributed by atoms with van der Waals surface area (Å²) in [5, 5.41) is 2.40. The Morgan fingerprint density at radius 1 is 1.09 bits per heavy atom. The minimum Gasteiger partial charge on any atom is -0.497 e. The van der Waals surface area contributed by atoms with Crippen molar-refractivity contribution < 1.29 is 27.5 Å². The van der Waals surface area contributed by atoms with Crippen LogP contribution in [0.2, 0.25) is 4.34 Å². The molecule has 1 aromatic heterocycles. The maximum Gasteiger partial charge on any atom is 0.333 e. The number of carbonyl (C=O) groups excluding carboxylic acids is 3. The van der Waals surface area contributed by atoms with E-state index in [0.717, 1.165) is 16.2 Å². The average molecular weight is 506 g/mol. The number of carbonyl (C=O) groups is 3. The van der Waals surface area contributed by atoms with Crippen LogP contribution in [-0.2, 0) is 21.2 Å². The van der Waals surface area contributed by atoms with Crippen molar-refractivity contribution >= 4 is 62.2 Å². The van der Waals surface area contributed by atoms with Gasteiger partial charge in [0.2, 0.25) is 5.91 Å². The molecule has 4 rings (SSSR count). The van der Waals surface area contributed by atoms with E-state index in [1.54, 1.807) is 18.2 Å². The second kappa shape index (κ2) is 8.85. The van der Waals surface area contributed by atoms with Gasteiger partial charge in [-0.25, -0.2) is 22.8 Å². The summed E-state index contributed by atoms with van der Waals surface area (Å²) in [6.07, 6.45) is 0.0536. The van der Waals surface area contributed by atoms with Crippen molar-refractivity contribution in [1.82, 2.24) is 4.72 Å². The summed E-state index contributed by atoms with van der Waals surface area (Å²) in [7, 11) is -2.58. The molecule has 0 fully saturated rings. The number of benzene rings is 2. The van der Waals surface area contributed by atoms with Crippen LogP contribution in [0.1, 0.15) is 15.9 Å². The number of halogens is 1. The maximum absolute atomic E-state index is 12.9. The zero-order valence-corrected chi connectivity index (χ0v) is 19.4. The molecule has 2 heterocycles. The molecular formula is C21H16ClN3O6S2. The van der Waals surface area contributed by atoms with Gasteiger partial charge < -0.3 is 10.1 Å². The average Bonchev–Trinajstić information content (AvgIpc) is 3.22. The Morgan fingerprint density at radius 2 is 1.82 bits per heavy atom. The number of amides is 4. The van der Waals surface area contributed by atoms with Crippen molar-refractivity contribution in [2.75, 3.05) is 17.3 Å². The third-order valence-corrected chi connectivity index (χ3v) is 7.82. The van der Waals surface area contributed by atoms with Crippen molar-refractivity contribution in [2.45, 2.75) is 10.6 Å². The quantitative estimate of drug-likeness (QED) is 0.510. The predicted molar refractivity (Wildman–Crippen MR) is 124 cm³/mol. The van der Waals surface area contributed by atoms with Crippen LogP contribution in [0.4, 0.5) is 16.2 Å². The fourth-order valence-electron chi connectivity index (χ4n) is 3.24. The van der Waals surface area contributed by atoms with E-state index >= 15 is 0 Å². The van der Waals surface area contributed by atoms with Gasteiger partial charge in [-0.1, -0.05) is 17.7 Å². The van der Waals surface area contributed by atoms with E-state index in [4.69, 9.17) is 16.3 Å². The highest BCUT2D eigenvalue weighted by Gasteiger charge is 2.32. The number of rotatable bonds is 5. The molecule has 0 aliphatic carbocycles. The number of fused-ring (bicyclic) bond motifs is 1. The Morgan fingerprint density at radius 3 is 2.45 bits per heavy atom. The zero-order chi connectivity index (χ0) is 23.8. The smallest absolute Gasteiger partial charge is 0.333 e. The lowest BCUT2D eigenvalue weighted by Gasteiger charge is -2.27. The first kappa shape index (κ1) is 22.8. The third-order valence-electron chi connectivity index (χ3n) is 4.77. The van der Waals surface area contributed by atoms with Crippen LogP contribution in [0.5, 0.6) is 5.75 Å². The van der Waals surface area contributed by atoms with Crippen LogP contribution in [0, 0.1) is 0 Å². The lowest BCUT2D eigenvalue weighted by Crippen LogP contribution is -2.42. The standard InChI is InChI=1S/C21H16ClN3O6S2/c1-31-15-7-2-12-10-18(26)25(20(27)16(12)11-15)14-5-3-13(4-6-14)23-21(28)24-33(29,30)19-9-8-17(22)32-19/h2-9,11H,10H2,1H3,(H2,23,24,28). The van der Waals surface area contributed by atoms with Crippen LogP contribution >= 0.6 is 22.9 Å². The summed E-state index contributed by atoms with van der Waals surface area (Å²) in [4.78, 5) is 38.7. The number of hydrogen-bond acceptors (Lipinski definition) is 7. The normalized spacial score (nSPS) is 13.5. The minimum absolute atomic E-state index is 0.0536. The molecule has 3 aromatic rings. The van der Waals surface area contributed by atoms with E-state index in [1.807, 2.05) is 4.72 Å². The zero-order valence-electron chi connectivity index (χ0n) is 17.0. The van der Waals surface area contributed by atoms with Gasteiger partial charge in [-0.15, -0.1) is 11.3 Å². The summed E-state index contributed by atoms with van der Waals surface area (Å²) in [5.74, 6) is -0.377. The minimum atomic E-state index is -4.07. The van der Waals surface area contributed by atoms with Gasteiger partial charge in [0.1, 0.15) is 9.96 Å². The van der Waals surface area contributed by atoms with Crippen LogP contribution in [-0.4, -0.2) is 33.4 Å². The first-order valence-electron chi connectivity index (χ1n) is 9.41. The number of anilines is 2. The molecule has 0 bridgehead atoms. The number of methoxy groups -OCH3 is 1. The second-order valence-electron chi connectivity index (χ2n) is 6.90. The Bertz CT molecular complexity index is 1370. The predicted octanol–water partition coefficient (Wildman–Crippen LogP) is 3.65. The van der Waals surface area contributed by atoms with Crippen molar-refractivity contribution in [3.63, 3.8) is 0 Å². The molecule has 33 heavy (non-hydrogen) atoms. The largest absolute Gasteiger partial charge is 0.497 e. The molecule has 0 saturated heterocycles. The molecule has 9 nitrogen and oxygen atoms in total. The molecule has 170 valence electrons. The highest BCUT2D eigenvalue weighted by molar-refractivity contribution is 7.92. The molecule has 0 radical (unpaired) electrons. The van der Waals surface area contributed by atoms with Gasteiger partial charge in [0.25, 0.3) is 15.9 Å². The molecule has 0 atom stereocenters. The lowest BCUT2D eigenvalue weighted by molar-refractivity contribution is -0.117. The number of imide groups is 1. The van der Waals surface area contributed by atoms with E-state index < -0.39 is 27.9 Å². The van der Waals surface area contributed by atoms with Crippen LogP contribution in [0.15, 0.2) is 58.8 Å². The van der Waals surface area contributed by atoms with Crippen molar-refractivity contribution in [3.05, 3.63) is 70.1 Å². The van der Waals surface area contributed by atoms with Gasteiger partial charge in [0.15, 0.2) is 0 Å². The molecular weight excluding hydrogens is 490 g/mol. The van der Waals surface area contributed by atoms with Gasteiger partial charge in [-0.3, -0.25) is 9.59 Å². The van der Waals surface area contributed by atoms with Crippen molar-refractivity contribution in [2.24, 2.45) is 0 Å². The van der Waals surface area contributed by atoms with E-state index in [9.17, 15) is 22.8 Å². The fraction of sp³-hybridized carbons (Fsp3) is 0.0952. The third kappa shape index (κ3) is 4.70. The molecule has 0 spiro atoms. The second-order valence-corrected chi connectivity index (χ2v) is 10.5. The summed E-state index contributed by atoms with van der Waals surface area (Å²) >= 11 is 6.56. The molecule has 0 unspecified atom stereocenters. The first-order valence-corrected chi connectivity index (χ1v) is 12.1. The van der Waals surface area contributed by atoms with E-state index in [1.165, 1.54) is 43.5 Å². The van der Waals surface area contributed by atoms with Crippen LogP contribution in [0.3, 0.4) is 0 Å². The summed E-state index contributed by atoms with van der Waals surface area (Å²) in [6, 6.07) is 12.5. The molecule has 0 saturated carbocycles. The highest BCUT2D eigenvalue weighted by atomic mass is 35.5. The van der Waals surface area contributed by atoms with Crippen molar-refractivity contribution in [1.29, 1.82) is 0 Å². The van der Waals surface area contributed by atoms with Gasteiger partial charge in [0.05, 0.1) is 23.6 Å². The molecule has 4 amide bonds. The Hall–Kier alpha value is -3.41. The lowest BCUT2D eigenvalue weighted by atomic mass is 9.97. The number of hydrogen-bond donors (Lipinski definition) is 2. The summed E-state index contributed by atoms with van der Waals surface area (Å²) < 4.78 is 31.7. The molecule has 1 aliphatic rings. The molecule has 2 aromatic carbocycles. The first-order chi connectivity index (χ1) is 15.7. The monoisotopic (exact) mass is 505 g/mol. The Labute approximate surface area is 198 Å². The number of sulfonamides is 1. The fourth-order valence-corrected chi connectivity index (χ4v) is 5.63. The van der Waals surface area contributed by atoms with Gasteiger partial charge in [0, 0.05) is 11.3 Å². The number of nitrogens with zero attached hydrogens (tertiary/aromatic N) is 1. The van der Waals surface area contributed by atoms with Crippen LogP contribution in [0.25, 0.3) is 0 Å². The highest BCUT2D eigenvalue weighted by Crippen LogP contribution is 2.29. The number of nitrogens with one attached hydrogen (secondary N) is 2. The van der Waals surface area contributed by atoms with Gasteiger partial charge >= 0.3 is 6.03 Å². The topological polar surface area (TPSA) is 122 Å². The Kier molecular flexibility index (Phi) is 6.11. The van der Waals surface area contributed by atoms with Gasteiger partial charge in [-0.2, -0.15) is 0 Å². The molecule has 12 heteroatoms. The number of ether oxygens (including phenoxy) is 1. The van der Waals surface area contributed by atoms with E-state index in [2.05, 4.69) is 5.32 Å². The van der Waals surface area contributed by atoms with Crippen molar-refractivity contribution in [3.8, 4) is 5.75 Å². The number of urea groups is 1. The summed E-state index contributed by atoms with van der Waals surface area (Å²) in [6.45, 7) is 0.